The number of hydrogen-bond donors (Lipinski definition) is 1. The van der Waals surface area contributed by atoms with E-state index in [0.717, 1.165) is 18.6 Å². The van der Waals surface area contributed by atoms with Crippen molar-refractivity contribution in [3.63, 3.8) is 0 Å². The minimum absolute atomic E-state index is 0.209. The molecule has 0 heterocycles. The molecule has 13 heavy (non-hydrogen) atoms. The first-order valence-electron chi connectivity index (χ1n) is 4.35. The summed E-state index contributed by atoms with van der Waals surface area (Å²) in [6.07, 6.45) is 2.10. The molecule has 1 aliphatic carbocycles. The zero-order valence-corrected chi connectivity index (χ0v) is 9.67. The third-order valence-corrected chi connectivity index (χ3v) is 3.41. The van der Waals surface area contributed by atoms with E-state index in [0.29, 0.717) is 0 Å². The first kappa shape index (κ1) is 9.27. The lowest BCUT2D eigenvalue weighted by Crippen LogP contribution is -2.05. The van der Waals surface area contributed by atoms with Crippen molar-refractivity contribution < 1.29 is 4.74 Å². The molecule has 3 heteroatoms. The van der Waals surface area contributed by atoms with Gasteiger partial charge < -0.3 is 10.5 Å². The molecular weight excluding hydrogens is 277 g/mol. The van der Waals surface area contributed by atoms with Crippen molar-refractivity contribution in [2.75, 3.05) is 7.11 Å². The number of nitrogens with two attached hydrogens (primary N) is 1. The van der Waals surface area contributed by atoms with Crippen LogP contribution in [0, 0.1) is 3.57 Å². The molecule has 0 saturated heterocycles. The number of fused-ring (bicyclic) bond motifs is 1. The third kappa shape index (κ3) is 1.44. The topological polar surface area (TPSA) is 35.2 Å². The van der Waals surface area contributed by atoms with Gasteiger partial charge in [-0.25, -0.2) is 0 Å². The van der Waals surface area contributed by atoms with Crippen LogP contribution in [0.4, 0.5) is 0 Å². The Balaban J connectivity index is 2.57. The Bertz CT molecular complexity index is 338. The van der Waals surface area contributed by atoms with E-state index in [1.807, 2.05) is 0 Å². The lowest BCUT2D eigenvalue weighted by molar-refractivity contribution is 0.407. The van der Waals surface area contributed by atoms with Crippen LogP contribution in [-0.2, 0) is 6.42 Å². The summed E-state index contributed by atoms with van der Waals surface area (Å²) >= 11 is 2.30. The van der Waals surface area contributed by atoms with Gasteiger partial charge in [0, 0.05) is 11.6 Å². The molecule has 0 fully saturated rings. The third-order valence-electron chi connectivity index (χ3n) is 2.56. The highest BCUT2D eigenvalue weighted by molar-refractivity contribution is 14.1. The average Bonchev–Trinajstić information content (AvgIpc) is 2.48. The molecule has 1 atom stereocenters. The van der Waals surface area contributed by atoms with Crippen molar-refractivity contribution in [2.45, 2.75) is 18.9 Å². The van der Waals surface area contributed by atoms with Crippen LogP contribution in [0.5, 0.6) is 5.75 Å². The summed E-state index contributed by atoms with van der Waals surface area (Å²) in [5.74, 6) is 1.02. The highest BCUT2D eigenvalue weighted by atomic mass is 127. The van der Waals surface area contributed by atoms with Crippen LogP contribution >= 0.6 is 22.6 Å². The lowest BCUT2D eigenvalue weighted by atomic mass is 10.1. The number of methoxy groups -OCH3 is 1. The highest BCUT2D eigenvalue weighted by Crippen LogP contribution is 2.38. The van der Waals surface area contributed by atoms with E-state index in [4.69, 9.17) is 10.5 Å². The number of rotatable bonds is 1. The minimum atomic E-state index is 0.209. The Labute approximate surface area is 91.6 Å². The second-order valence-corrected chi connectivity index (χ2v) is 4.46. The molecule has 1 aliphatic rings. The van der Waals surface area contributed by atoms with Gasteiger partial charge in [0.2, 0.25) is 0 Å². The summed E-state index contributed by atoms with van der Waals surface area (Å²) in [5, 5.41) is 0. The van der Waals surface area contributed by atoms with Crippen LogP contribution < -0.4 is 10.5 Å². The van der Waals surface area contributed by atoms with E-state index in [9.17, 15) is 0 Å². The molecule has 0 bridgehead atoms. The standard InChI is InChI=1S/C10H12INO/c1-13-10-7-3-5-9(12)6(7)2-4-8(10)11/h2,4,9H,3,5,12H2,1H3/t9-/m0/s1. The number of hydrogen-bond acceptors (Lipinski definition) is 2. The van der Waals surface area contributed by atoms with E-state index < -0.39 is 0 Å². The monoisotopic (exact) mass is 289 g/mol. The Morgan fingerprint density at radius 1 is 1.54 bits per heavy atom. The van der Waals surface area contributed by atoms with Gasteiger partial charge in [0.25, 0.3) is 0 Å². The van der Waals surface area contributed by atoms with Crippen molar-refractivity contribution in [1.29, 1.82) is 0 Å². The van der Waals surface area contributed by atoms with Crippen LogP contribution in [0.3, 0.4) is 0 Å². The maximum absolute atomic E-state index is 5.96. The quantitative estimate of drug-likeness (QED) is 0.805. The maximum atomic E-state index is 5.96. The van der Waals surface area contributed by atoms with Crippen LogP contribution in [0.15, 0.2) is 12.1 Å². The van der Waals surface area contributed by atoms with Gasteiger partial charge in [-0.2, -0.15) is 0 Å². The van der Waals surface area contributed by atoms with Gasteiger partial charge in [-0.1, -0.05) is 6.07 Å². The summed E-state index contributed by atoms with van der Waals surface area (Å²) in [6, 6.07) is 4.40. The summed E-state index contributed by atoms with van der Waals surface area (Å²) in [6.45, 7) is 0. The molecule has 0 radical (unpaired) electrons. The average molecular weight is 289 g/mol. The van der Waals surface area contributed by atoms with Crippen LogP contribution in [0.2, 0.25) is 0 Å². The van der Waals surface area contributed by atoms with Crippen molar-refractivity contribution >= 4 is 22.6 Å². The predicted octanol–water partition coefficient (Wildman–Crippen LogP) is 2.25. The van der Waals surface area contributed by atoms with E-state index >= 15 is 0 Å². The molecule has 2 nitrogen and oxygen atoms in total. The molecule has 0 saturated carbocycles. The zero-order valence-electron chi connectivity index (χ0n) is 7.51. The first-order chi connectivity index (χ1) is 6.24. The van der Waals surface area contributed by atoms with Gasteiger partial charge in [0.05, 0.1) is 10.7 Å². The van der Waals surface area contributed by atoms with E-state index in [1.54, 1.807) is 7.11 Å². The predicted molar refractivity (Wildman–Crippen MR) is 61.0 cm³/mol. The smallest absolute Gasteiger partial charge is 0.135 e. The van der Waals surface area contributed by atoms with Gasteiger partial charge in [-0.05, 0) is 47.1 Å². The van der Waals surface area contributed by atoms with Gasteiger partial charge in [-0.15, -0.1) is 0 Å². The fourth-order valence-electron chi connectivity index (χ4n) is 1.90. The molecule has 0 spiro atoms. The van der Waals surface area contributed by atoms with Gasteiger partial charge in [-0.3, -0.25) is 0 Å². The molecule has 1 aromatic carbocycles. The first-order valence-corrected chi connectivity index (χ1v) is 5.42. The fourth-order valence-corrected chi connectivity index (χ4v) is 2.62. The maximum Gasteiger partial charge on any atom is 0.135 e. The molecule has 0 aromatic heterocycles. The summed E-state index contributed by atoms with van der Waals surface area (Å²) in [4.78, 5) is 0. The Hall–Kier alpha value is -0.290. The number of ether oxygens (including phenoxy) is 1. The summed E-state index contributed by atoms with van der Waals surface area (Å²) in [5.41, 5.74) is 8.53. The SMILES string of the molecule is COc1c(I)ccc2c1CC[C@@H]2N. The van der Waals surface area contributed by atoms with E-state index in [2.05, 4.69) is 34.7 Å². The molecule has 0 aliphatic heterocycles. The highest BCUT2D eigenvalue weighted by Gasteiger charge is 2.23. The molecule has 0 amide bonds. The molecule has 1 aromatic rings. The zero-order chi connectivity index (χ0) is 9.42. The lowest BCUT2D eigenvalue weighted by Gasteiger charge is -2.10. The van der Waals surface area contributed by atoms with Crippen molar-refractivity contribution in [3.05, 3.63) is 26.8 Å². The van der Waals surface area contributed by atoms with Crippen molar-refractivity contribution in [2.24, 2.45) is 5.73 Å². The second kappa shape index (κ2) is 3.46. The molecule has 2 rings (SSSR count). The molecule has 2 N–H and O–H groups in total. The van der Waals surface area contributed by atoms with Crippen LogP contribution in [0.1, 0.15) is 23.6 Å². The van der Waals surface area contributed by atoms with E-state index in [-0.39, 0.29) is 6.04 Å². The molecular formula is C10H12INO. The Morgan fingerprint density at radius 3 is 3.00 bits per heavy atom. The van der Waals surface area contributed by atoms with Gasteiger partial charge >= 0.3 is 0 Å². The van der Waals surface area contributed by atoms with Gasteiger partial charge in [0.1, 0.15) is 5.75 Å². The minimum Gasteiger partial charge on any atom is -0.495 e. The van der Waals surface area contributed by atoms with Crippen molar-refractivity contribution in [3.8, 4) is 5.75 Å². The molecule has 70 valence electrons. The largest absolute Gasteiger partial charge is 0.495 e. The Kier molecular flexibility index (Phi) is 2.47. The van der Waals surface area contributed by atoms with E-state index in [1.165, 1.54) is 14.7 Å². The summed E-state index contributed by atoms with van der Waals surface area (Å²) in [7, 11) is 1.72. The van der Waals surface area contributed by atoms with Crippen molar-refractivity contribution in [1.82, 2.24) is 0 Å². The Morgan fingerprint density at radius 2 is 2.31 bits per heavy atom. The molecule has 0 unspecified atom stereocenters. The number of benzene rings is 1. The fraction of sp³-hybridized carbons (Fsp3) is 0.400. The second-order valence-electron chi connectivity index (χ2n) is 3.29. The summed E-state index contributed by atoms with van der Waals surface area (Å²) < 4.78 is 6.55. The van der Waals surface area contributed by atoms with Crippen LogP contribution in [0.25, 0.3) is 0 Å². The van der Waals surface area contributed by atoms with Crippen LogP contribution in [-0.4, -0.2) is 7.11 Å². The number of halogens is 1. The van der Waals surface area contributed by atoms with Gasteiger partial charge in [0.15, 0.2) is 0 Å². The normalized spacial score (nSPS) is 20.1.